The maximum absolute atomic E-state index is 13.3. The Morgan fingerprint density at radius 2 is 1.97 bits per heavy atom. The van der Waals surface area contributed by atoms with Crippen LogP contribution in [0.5, 0.6) is 17.2 Å². The number of halogens is 1. The van der Waals surface area contributed by atoms with Gasteiger partial charge in [0.25, 0.3) is 11.7 Å². The third-order valence-electron chi connectivity index (χ3n) is 5.70. The molecule has 1 atom stereocenters. The first-order valence-electron chi connectivity index (χ1n) is 10.9. The van der Waals surface area contributed by atoms with Gasteiger partial charge in [-0.25, -0.2) is 0 Å². The second kappa shape index (κ2) is 10.7. The number of rotatable bonds is 8. The molecule has 1 aliphatic heterocycles. The number of methoxy groups -OCH3 is 1. The van der Waals surface area contributed by atoms with Gasteiger partial charge in [-0.2, -0.15) is 0 Å². The summed E-state index contributed by atoms with van der Waals surface area (Å²) < 4.78 is 11.1. The lowest BCUT2D eigenvalue weighted by atomic mass is 9.94. The van der Waals surface area contributed by atoms with Gasteiger partial charge in [0.05, 0.1) is 23.2 Å². The summed E-state index contributed by atoms with van der Waals surface area (Å²) >= 11 is 3.30. The lowest BCUT2D eigenvalue weighted by Gasteiger charge is -2.26. The third kappa shape index (κ3) is 4.83. The molecule has 1 aliphatic rings. The van der Waals surface area contributed by atoms with E-state index in [1.54, 1.807) is 60.9 Å². The molecule has 2 N–H and O–H groups in total. The lowest BCUT2D eigenvalue weighted by molar-refractivity contribution is -0.140. The topological polar surface area (TPSA) is 109 Å². The molecule has 4 rings (SSSR count). The zero-order chi connectivity index (χ0) is 25.8. The number of phenols is 1. The molecule has 8 nitrogen and oxygen atoms in total. The van der Waals surface area contributed by atoms with Crippen molar-refractivity contribution in [3.05, 3.63) is 100 Å². The van der Waals surface area contributed by atoms with E-state index in [1.807, 2.05) is 0 Å². The molecule has 0 spiro atoms. The third-order valence-corrected chi connectivity index (χ3v) is 6.30. The van der Waals surface area contributed by atoms with Crippen molar-refractivity contribution in [1.82, 2.24) is 9.88 Å². The second-order valence-electron chi connectivity index (χ2n) is 7.97. The van der Waals surface area contributed by atoms with E-state index < -0.39 is 17.7 Å². The van der Waals surface area contributed by atoms with Crippen LogP contribution in [0.3, 0.4) is 0 Å². The van der Waals surface area contributed by atoms with Gasteiger partial charge in [0.1, 0.15) is 18.1 Å². The number of Topliss-reactive ketones (excluding diaryl/α,β-unsaturated/α-hetero) is 1. The largest absolute Gasteiger partial charge is 0.507 e. The van der Waals surface area contributed by atoms with E-state index in [2.05, 4.69) is 27.5 Å². The lowest BCUT2D eigenvalue weighted by Crippen LogP contribution is -2.29. The number of ketones is 1. The van der Waals surface area contributed by atoms with Crippen molar-refractivity contribution in [2.75, 3.05) is 13.7 Å². The number of aliphatic hydroxyl groups excluding tert-OH is 1. The SMILES string of the molecule is C=CCOc1ccc(/C(O)=C2\C(=O)C(=O)N(Cc3cccnc3)C2c2cc(Br)c(O)c(OC)c2)cc1. The summed E-state index contributed by atoms with van der Waals surface area (Å²) in [5.74, 6) is -1.33. The molecule has 0 aliphatic carbocycles. The van der Waals surface area contributed by atoms with Crippen molar-refractivity contribution in [3.63, 3.8) is 0 Å². The van der Waals surface area contributed by atoms with Crippen LogP contribution in [0.15, 0.2) is 83.6 Å². The molecule has 0 saturated carbocycles. The molecule has 9 heteroatoms. The van der Waals surface area contributed by atoms with E-state index in [0.29, 0.717) is 33.5 Å². The Hall–Kier alpha value is -4.11. The van der Waals surface area contributed by atoms with E-state index in [9.17, 15) is 19.8 Å². The smallest absolute Gasteiger partial charge is 0.295 e. The maximum atomic E-state index is 13.3. The first-order valence-corrected chi connectivity index (χ1v) is 11.7. The normalized spacial score (nSPS) is 16.7. The highest BCUT2D eigenvalue weighted by Gasteiger charge is 2.46. The molecule has 1 aromatic heterocycles. The maximum Gasteiger partial charge on any atom is 0.295 e. The molecule has 36 heavy (non-hydrogen) atoms. The number of pyridine rings is 1. The fourth-order valence-corrected chi connectivity index (χ4v) is 4.46. The number of aromatic hydroxyl groups is 1. The summed E-state index contributed by atoms with van der Waals surface area (Å²) in [5.41, 5.74) is 1.43. The van der Waals surface area contributed by atoms with Gasteiger partial charge < -0.3 is 24.6 Å². The standard InChI is InChI=1S/C27H23BrN2O6/c1-3-11-36-19-8-6-17(7-9-19)24(31)22-23(18-12-20(28)25(32)21(13-18)35-2)30(27(34)26(22)33)15-16-5-4-10-29-14-16/h3-10,12-14,23,31-32H,1,11,15H2,2H3/b24-22+. The van der Waals surface area contributed by atoms with Gasteiger partial charge >= 0.3 is 0 Å². The highest BCUT2D eigenvalue weighted by atomic mass is 79.9. The number of ether oxygens (including phenoxy) is 2. The van der Waals surface area contributed by atoms with Crippen LogP contribution in [-0.4, -0.2) is 45.5 Å². The van der Waals surface area contributed by atoms with Crippen LogP contribution < -0.4 is 9.47 Å². The summed E-state index contributed by atoms with van der Waals surface area (Å²) in [4.78, 5) is 31.9. The van der Waals surface area contributed by atoms with Crippen molar-refractivity contribution in [2.24, 2.45) is 0 Å². The van der Waals surface area contributed by atoms with E-state index >= 15 is 0 Å². The minimum Gasteiger partial charge on any atom is -0.507 e. The molecule has 1 fully saturated rings. The van der Waals surface area contributed by atoms with Gasteiger partial charge in [-0.3, -0.25) is 14.6 Å². The van der Waals surface area contributed by atoms with Gasteiger partial charge in [-0.15, -0.1) is 0 Å². The average molecular weight is 551 g/mol. The number of aromatic nitrogens is 1. The Kier molecular flexibility index (Phi) is 7.40. The second-order valence-corrected chi connectivity index (χ2v) is 8.82. The molecule has 184 valence electrons. The molecule has 1 unspecified atom stereocenters. The van der Waals surface area contributed by atoms with Gasteiger partial charge in [0.15, 0.2) is 11.5 Å². The molecule has 2 heterocycles. The summed E-state index contributed by atoms with van der Waals surface area (Å²) in [6, 6.07) is 12.2. The number of carbonyl (C=O) groups excluding carboxylic acids is 2. The minimum absolute atomic E-state index is 0.0784. The number of aliphatic hydroxyl groups is 1. The van der Waals surface area contributed by atoms with Crippen LogP contribution in [0.2, 0.25) is 0 Å². The van der Waals surface area contributed by atoms with E-state index in [-0.39, 0.29) is 29.4 Å². The molecule has 0 bridgehead atoms. The molecule has 1 amide bonds. The predicted molar refractivity (Wildman–Crippen MR) is 137 cm³/mol. The first-order chi connectivity index (χ1) is 17.3. The van der Waals surface area contributed by atoms with Crippen molar-refractivity contribution in [2.45, 2.75) is 12.6 Å². The predicted octanol–water partition coefficient (Wildman–Crippen LogP) is 4.75. The van der Waals surface area contributed by atoms with Crippen molar-refractivity contribution < 1.29 is 29.3 Å². The number of hydrogen-bond donors (Lipinski definition) is 2. The Bertz CT molecular complexity index is 1340. The van der Waals surface area contributed by atoms with E-state index in [1.165, 1.54) is 18.1 Å². The first kappa shape index (κ1) is 25.0. The Morgan fingerprint density at radius 1 is 1.22 bits per heavy atom. The molecular formula is C27H23BrN2O6. The summed E-state index contributed by atoms with van der Waals surface area (Å²) in [5, 5.41) is 21.6. The van der Waals surface area contributed by atoms with Gasteiger partial charge in [-0.05, 0) is 69.5 Å². The monoisotopic (exact) mass is 550 g/mol. The molecular weight excluding hydrogens is 528 g/mol. The minimum atomic E-state index is -0.951. The van der Waals surface area contributed by atoms with Gasteiger partial charge in [-0.1, -0.05) is 18.7 Å². The quantitative estimate of drug-likeness (QED) is 0.180. The Morgan fingerprint density at radius 3 is 2.61 bits per heavy atom. The molecule has 0 radical (unpaired) electrons. The fourth-order valence-electron chi connectivity index (χ4n) is 4.00. The van der Waals surface area contributed by atoms with E-state index in [4.69, 9.17) is 9.47 Å². The van der Waals surface area contributed by atoms with Crippen molar-refractivity contribution >= 4 is 33.4 Å². The Labute approximate surface area is 216 Å². The highest BCUT2D eigenvalue weighted by Crippen LogP contribution is 2.44. The summed E-state index contributed by atoms with van der Waals surface area (Å²) in [6.07, 6.45) is 4.83. The Balaban J connectivity index is 1.85. The number of amides is 1. The van der Waals surface area contributed by atoms with Crippen LogP contribution in [0, 0.1) is 0 Å². The van der Waals surface area contributed by atoms with Crippen LogP contribution in [-0.2, 0) is 16.1 Å². The van der Waals surface area contributed by atoms with Crippen LogP contribution in [0.1, 0.15) is 22.7 Å². The zero-order valence-corrected chi connectivity index (χ0v) is 20.9. The van der Waals surface area contributed by atoms with Gasteiger partial charge in [0.2, 0.25) is 0 Å². The molecule has 2 aromatic carbocycles. The fraction of sp³-hybridized carbons (Fsp3) is 0.148. The summed E-state index contributed by atoms with van der Waals surface area (Å²) in [7, 11) is 1.40. The van der Waals surface area contributed by atoms with Crippen molar-refractivity contribution in [3.8, 4) is 17.2 Å². The number of carbonyl (C=O) groups is 2. The number of benzene rings is 2. The highest BCUT2D eigenvalue weighted by molar-refractivity contribution is 9.10. The van der Waals surface area contributed by atoms with Crippen LogP contribution >= 0.6 is 15.9 Å². The molecule has 3 aromatic rings. The van der Waals surface area contributed by atoms with Crippen LogP contribution in [0.4, 0.5) is 0 Å². The summed E-state index contributed by atoms with van der Waals surface area (Å²) in [6.45, 7) is 4.01. The number of hydrogen-bond acceptors (Lipinski definition) is 7. The zero-order valence-electron chi connectivity index (χ0n) is 19.3. The number of phenolic OH excluding ortho intramolecular Hbond substituents is 1. The van der Waals surface area contributed by atoms with Crippen molar-refractivity contribution in [1.29, 1.82) is 0 Å². The van der Waals surface area contributed by atoms with Gasteiger partial charge in [0, 0.05) is 24.5 Å². The molecule has 1 saturated heterocycles. The number of likely N-dealkylation sites (tertiary alicyclic amines) is 1. The van der Waals surface area contributed by atoms with E-state index in [0.717, 1.165) is 0 Å². The number of nitrogens with zero attached hydrogens (tertiary/aromatic N) is 2. The average Bonchev–Trinajstić information content (AvgIpc) is 3.14. The van der Waals surface area contributed by atoms with Crippen LogP contribution in [0.25, 0.3) is 5.76 Å².